The molecule has 0 atom stereocenters. The van der Waals surface area contributed by atoms with Gasteiger partial charge in [0.15, 0.2) is 0 Å². The minimum atomic E-state index is -0.140. The summed E-state index contributed by atoms with van der Waals surface area (Å²) in [5.41, 5.74) is 4.01. The van der Waals surface area contributed by atoms with Crippen molar-refractivity contribution in [3.05, 3.63) is 47.3 Å². The van der Waals surface area contributed by atoms with Crippen molar-refractivity contribution in [1.29, 1.82) is 0 Å². The van der Waals surface area contributed by atoms with E-state index in [1.807, 2.05) is 0 Å². The maximum absolute atomic E-state index is 12.0. The van der Waals surface area contributed by atoms with Gasteiger partial charge in [0.05, 0.1) is 5.56 Å². The highest BCUT2D eigenvalue weighted by atomic mass is 16.1. The van der Waals surface area contributed by atoms with E-state index in [-0.39, 0.29) is 5.91 Å². The highest BCUT2D eigenvalue weighted by Crippen LogP contribution is 2.24. The van der Waals surface area contributed by atoms with Crippen molar-refractivity contribution in [2.45, 2.75) is 40.5 Å². The number of carbonyl (C=O) groups excluding carboxylic acids is 1. The fourth-order valence-electron chi connectivity index (χ4n) is 2.42. The number of nitrogens with one attached hydrogen (secondary N) is 2. The van der Waals surface area contributed by atoms with Crippen molar-refractivity contribution >= 4 is 17.5 Å². The van der Waals surface area contributed by atoms with Crippen LogP contribution in [0.2, 0.25) is 0 Å². The molecule has 0 fully saturated rings. The van der Waals surface area contributed by atoms with E-state index in [2.05, 4.69) is 66.5 Å². The summed E-state index contributed by atoms with van der Waals surface area (Å²) in [4.78, 5) is 20.6. The fourth-order valence-corrected chi connectivity index (χ4v) is 2.42. The molecule has 5 nitrogen and oxygen atoms in total. The quantitative estimate of drug-likeness (QED) is 0.813. The number of aromatic nitrogens is 2. The van der Waals surface area contributed by atoms with Gasteiger partial charge in [-0.15, -0.1) is 0 Å². The molecule has 0 saturated heterocycles. The van der Waals surface area contributed by atoms with Gasteiger partial charge in [0.25, 0.3) is 5.91 Å². The van der Waals surface area contributed by atoms with E-state index in [0.29, 0.717) is 24.0 Å². The summed E-state index contributed by atoms with van der Waals surface area (Å²) in [6, 6.07) is 6.29. The van der Waals surface area contributed by atoms with Crippen molar-refractivity contribution in [2.24, 2.45) is 5.92 Å². The molecular weight excluding hydrogens is 300 g/mol. The Morgan fingerprint density at radius 1 is 1.08 bits per heavy atom. The number of hydrogen-bond donors (Lipinski definition) is 2. The van der Waals surface area contributed by atoms with Crippen LogP contribution in [0.15, 0.2) is 30.6 Å². The molecule has 0 saturated carbocycles. The summed E-state index contributed by atoms with van der Waals surface area (Å²) >= 11 is 0. The highest BCUT2D eigenvalue weighted by molar-refractivity contribution is 5.93. The van der Waals surface area contributed by atoms with Crippen LogP contribution in [0.5, 0.6) is 0 Å². The van der Waals surface area contributed by atoms with E-state index in [0.717, 1.165) is 18.5 Å². The third kappa shape index (κ3) is 4.54. The first-order valence-corrected chi connectivity index (χ1v) is 8.53. The maximum atomic E-state index is 12.0. The Morgan fingerprint density at radius 3 is 2.17 bits per heavy atom. The van der Waals surface area contributed by atoms with Gasteiger partial charge in [-0.1, -0.05) is 45.9 Å². The van der Waals surface area contributed by atoms with Crippen molar-refractivity contribution in [1.82, 2.24) is 15.3 Å². The minimum absolute atomic E-state index is 0.140. The molecule has 2 rings (SSSR count). The summed E-state index contributed by atoms with van der Waals surface area (Å²) in [5.74, 6) is 0.776. The number of anilines is 2. The first-order valence-electron chi connectivity index (χ1n) is 8.53. The first-order chi connectivity index (χ1) is 11.5. The lowest BCUT2D eigenvalue weighted by Crippen LogP contribution is -2.27. The van der Waals surface area contributed by atoms with E-state index in [1.165, 1.54) is 11.1 Å². The van der Waals surface area contributed by atoms with Crippen LogP contribution in [0, 0.1) is 5.92 Å². The monoisotopic (exact) mass is 326 g/mol. The molecule has 0 aliphatic heterocycles. The van der Waals surface area contributed by atoms with Crippen LogP contribution in [0.4, 0.5) is 11.6 Å². The van der Waals surface area contributed by atoms with Crippen molar-refractivity contribution < 1.29 is 4.79 Å². The van der Waals surface area contributed by atoms with Gasteiger partial charge in [-0.25, -0.2) is 9.97 Å². The van der Waals surface area contributed by atoms with Gasteiger partial charge in [0.2, 0.25) is 5.95 Å². The summed E-state index contributed by atoms with van der Waals surface area (Å²) in [5, 5.41) is 6.17. The minimum Gasteiger partial charge on any atom is -0.352 e. The number of hydrogen-bond acceptors (Lipinski definition) is 4. The van der Waals surface area contributed by atoms with Crippen LogP contribution < -0.4 is 10.6 Å². The molecule has 2 N–H and O–H groups in total. The molecule has 5 heteroatoms. The number of carbonyl (C=O) groups is 1. The van der Waals surface area contributed by atoms with E-state index in [4.69, 9.17) is 0 Å². The van der Waals surface area contributed by atoms with Gasteiger partial charge in [-0.05, 0) is 29.9 Å². The average Bonchev–Trinajstić information content (AvgIpc) is 2.60. The van der Waals surface area contributed by atoms with Gasteiger partial charge in [-0.3, -0.25) is 4.79 Å². The molecule has 128 valence electrons. The Morgan fingerprint density at radius 2 is 1.67 bits per heavy atom. The Bertz CT molecular complexity index is 658. The SMILES string of the molecule is CCc1cccc(CC)c1Nc1ncc(C(=O)NCC(C)C)cn1. The van der Waals surface area contributed by atoms with Crippen LogP contribution in [0.3, 0.4) is 0 Å². The zero-order chi connectivity index (χ0) is 17.5. The van der Waals surface area contributed by atoms with Gasteiger partial charge < -0.3 is 10.6 Å². The smallest absolute Gasteiger partial charge is 0.254 e. The lowest BCUT2D eigenvalue weighted by Gasteiger charge is -2.14. The number of rotatable bonds is 7. The van der Waals surface area contributed by atoms with E-state index in [9.17, 15) is 4.79 Å². The predicted molar refractivity (Wildman–Crippen MR) is 97.7 cm³/mol. The molecule has 1 aromatic carbocycles. The van der Waals surface area contributed by atoms with Gasteiger partial charge in [0.1, 0.15) is 0 Å². The van der Waals surface area contributed by atoms with Crippen LogP contribution in [-0.2, 0) is 12.8 Å². The van der Waals surface area contributed by atoms with Crippen LogP contribution in [0.25, 0.3) is 0 Å². The third-order valence-electron chi connectivity index (χ3n) is 3.82. The molecule has 0 unspecified atom stereocenters. The van der Waals surface area contributed by atoms with Crippen molar-refractivity contribution in [2.75, 3.05) is 11.9 Å². The van der Waals surface area contributed by atoms with Crippen LogP contribution in [0.1, 0.15) is 49.2 Å². The van der Waals surface area contributed by atoms with Crippen LogP contribution in [-0.4, -0.2) is 22.4 Å². The standard InChI is InChI=1S/C19H26N4O/c1-5-14-8-7-9-15(6-2)17(14)23-19-21-11-16(12-22-19)18(24)20-10-13(3)4/h7-9,11-13H,5-6,10H2,1-4H3,(H,20,24)(H,21,22,23). The first kappa shape index (κ1) is 17.9. The molecule has 2 aromatic rings. The Labute approximate surface area is 143 Å². The number of benzene rings is 1. The second-order valence-electron chi connectivity index (χ2n) is 6.18. The largest absolute Gasteiger partial charge is 0.352 e. The van der Waals surface area contributed by atoms with Gasteiger partial charge >= 0.3 is 0 Å². The summed E-state index contributed by atoms with van der Waals surface area (Å²) in [7, 11) is 0. The predicted octanol–water partition coefficient (Wildman–Crippen LogP) is 3.73. The van der Waals surface area contributed by atoms with E-state index < -0.39 is 0 Å². The number of para-hydroxylation sites is 1. The summed E-state index contributed by atoms with van der Waals surface area (Å²) in [6.45, 7) is 9.01. The number of nitrogens with zero attached hydrogens (tertiary/aromatic N) is 2. The highest BCUT2D eigenvalue weighted by Gasteiger charge is 2.10. The van der Waals surface area contributed by atoms with E-state index >= 15 is 0 Å². The number of amides is 1. The summed E-state index contributed by atoms with van der Waals surface area (Å²) < 4.78 is 0. The average molecular weight is 326 g/mol. The van der Waals surface area contributed by atoms with Gasteiger partial charge in [0, 0.05) is 24.6 Å². The topological polar surface area (TPSA) is 66.9 Å². The number of aryl methyl sites for hydroxylation is 2. The summed E-state index contributed by atoms with van der Waals surface area (Å²) in [6.07, 6.45) is 4.99. The van der Waals surface area contributed by atoms with Gasteiger partial charge in [-0.2, -0.15) is 0 Å². The lowest BCUT2D eigenvalue weighted by atomic mass is 10.0. The molecule has 0 radical (unpaired) electrons. The molecule has 0 aliphatic carbocycles. The fraction of sp³-hybridized carbons (Fsp3) is 0.421. The van der Waals surface area contributed by atoms with Crippen molar-refractivity contribution in [3.8, 4) is 0 Å². The molecule has 1 heterocycles. The normalized spacial score (nSPS) is 10.7. The molecule has 1 amide bonds. The molecular formula is C19H26N4O. The maximum Gasteiger partial charge on any atom is 0.254 e. The molecule has 24 heavy (non-hydrogen) atoms. The third-order valence-corrected chi connectivity index (χ3v) is 3.82. The molecule has 1 aromatic heterocycles. The second kappa shape index (κ2) is 8.43. The molecule has 0 spiro atoms. The second-order valence-corrected chi connectivity index (χ2v) is 6.18. The lowest BCUT2D eigenvalue weighted by molar-refractivity contribution is 0.0948. The zero-order valence-corrected chi connectivity index (χ0v) is 14.9. The Hall–Kier alpha value is -2.43. The Balaban J connectivity index is 2.14. The zero-order valence-electron chi connectivity index (χ0n) is 14.9. The van der Waals surface area contributed by atoms with Crippen molar-refractivity contribution in [3.63, 3.8) is 0 Å². The van der Waals surface area contributed by atoms with Crippen LogP contribution >= 0.6 is 0 Å². The Kier molecular flexibility index (Phi) is 6.29. The van der Waals surface area contributed by atoms with E-state index in [1.54, 1.807) is 12.4 Å². The molecule has 0 aliphatic rings. The molecule has 0 bridgehead atoms.